The van der Waals surface area contributed by atoms with Gasteiger partial charge in [-0.05, 0) is 30.9 Å². The minimum absolute atomic E-state index is 0.890. The van der Waals surface area contributed by atoms with E-state index in [0.29, 0.717) is 0 Å². The Morgan fingerprint density at radius 3 is 2.37 bits per heavy atom. The van der Waals surface area contributed by atoms with E-state index in [2.05, 4.69) is 67.4 Å². The van der Waals surface area contributed by atoms with Crippen molar-refractivity contribution in [3.63, 3.8) is 0 Å². The summed E-state index contributed by atoms with van der Waals surface area (Å²) in [6, 6.07) is 17.3. The van der Waals surface area contributed by atoms with Gasteiger partial charge in [0.2, 0.25) is 0 Å². The van der Waals surface area contributed by atoms with Crippen molar-refractivity contribution in [2.24, 2.45) is 0 Å². The molecule has 1 aromatic heterocycles. The summed E-state index contributed by atoms with van der Waals surface area (Å²) < 4.78 is 0. The molecule has 0 saturated carbocycles. The average Bonchev–Trinajstić information content (AvgIpc) is 2.41. The largest absolute Gasteiger partial charge is 0.260 e. The highest BCUT2D eigenvalue weighted by atomic mass is 14.7. The summed E-state index contributed by atoms with van der Waals surface area (Å²) >= 11 is 0. The van der Waals surface area contributed by atoms with Crippen LogP contribution in [0.4, 0.5) is 0 Å². The molecule has 0 bridgehead atoms. The van der Waals surface area contributed by atoms with E-state index in [1.807, 2.05) is 6.20 Å². The third kappa shape index (κ3) is 2.50. The molecule has 94 valence electrons. The molecule has 0 aliphatic heterocycles. The second-order valence-electron chi connectivity index (χ2n) is 5.14. The first-order valence-electron chi connectivity index (χ1n) is 6.62. The summed E-state index contributed by atoms with van der Waals surface area (Å²) in [4.78, 5) is 4.55. The SMILES string of the molecule is Cc1ccc(Cc2nccc3cc(C)ccc23)cc1. The summed E-state index contributed by atoms with van der Waals surface area (Å²) in [7, 11) is 0. The molecule has 1 heteroatoms. The number of benzene rings is 2. The Morgan fingerprint density at radius 2 is 1.58 bits per heavy atom. The Balaban J connectivity index is 2.03. The maximum atomic E-state index is 4.55. The molecule has 0 atom stereocenters. The standard InChI is InChI=1S/C18H17N/c1-13-3-6-15(7-4-13)12-18-17-8-5-14(2)11-16(17)9-10-19-18/h3-11H,12H2,1-2H3. The molecule has 0 amide bonds. The number of fused-ring (bicyclic) bond motifs is 1. The molecule has 0 aliphatic rings. The van der Waals surface area contributed by atoms with Gasteiger partial charge in [-0.1, -0.05) is 53.6 Å². The van der Waals surface area contributed by atoms with Crippen LogP contribution in [0, 0.1) is 13.8 Å². The van der Waals surface area contributed by atoms with E-state index in [4.69, 9.17) is 0 Å². The van der Waals surface area contributed by atoms with E-state index in [-0.39, 0.29) is 0 Å². The third-order valence-electron chi connectivity index (χ3n) is 3.49. The molecule has 1 nitrogen and oxygen atoms in total. The average molecular weight is 247 g/mol. The van der Waals surface area contributed by atoms with E-state index >= 15 is 0 Å². The Labute approximate surface area is 113 Å². The molecule has 19 heavy (non-hydrogen) atoms. The number of aryl methyl sites for hydroxylation is 2. The van der Waals surface area contributed by atoms with Gasteiger partial charge >= 0.3 is 0 Å². The van der Waals surface area contributed by atoms with Gasteiger partial charge in [-0.15, -0.1) is 0 Å². The van der Waals surface area contributed by atoms with Crippen molar-refractivity contribution in [1.82, 2.24) is 4.98 Å². The lowest BCUT2D eigenvalue weighted by molar-refractivity contribution is 1.10. The molecule has 0 fully saturated rings. The van der Waals surface area contributed by atoms with Crippen LogP contribution in [0.15, 0.2) is 54.7 Å². The van der Waals surface area contributed by atoms with Crippen molar-refractivity contribution in [2.45, 2.75) is 20.3 Å². The van der Waals surface area contributed by atoms with Crippen LogP contribution in [0.2, 0.25) is 0 Å². The van der Waals surface area contributed by atoms with Crippen molar-refractivity contribution < 1.29 is 0 Å². The fourth-order valence-electron chi connectivity index (χ4n) is 2.40. The van der Waals surface area contributed by atoms with Gasteiger partial charge < -0.3 is 0 Å². The second kappa shape index (κ2) is 4.85. The third-order valence-corrected chi connectivity index (χ3v) is 3.49. The molecule has 2 aromatic carbocycles. The van der Waals surface area contributed by atoms with Gasteiger partial charge in [-0.3, -0.25) is 4.98 Å². The first-order valence-corrected chi connectivity index (χ1v) is 6.62. The van der Waals surface area contributed by atoms with Crippen LogP contribution in [-0.2, 0) is 6.42 Å². The van der Waals surface area contributed by atoms with E-state index in [0.717, 1.165) is 12.1 Å². The van der Waals surface area contributed by atoms with E-state index in [1.54, 1.807) is 0 Å². The topological polar surface area (TPSA) is 12.9 Å². The van der Waals surface area contributed by atoms with Crippen molar-refractivity contribution in [2.75, 3.05) is 0 Å². The van der Waals surface area contributed by atoms with Crippen LogP contribution in [-0.4, -0.2) is 4.98 Å². The second-order valence-corrected chi connectivity index (χ2v) is 5.14. The summed E-state index contributed by atoms with van der Waals surface area (Å²) in [5, 5.41) is 2.53. The number of aromatic nitrogens is 1. The maximum Gasteiger partial charge on any atom is 0.0525 e. The van der Waals surface area contributed by atoms with Crippen molar-refractivity contribution >= 4 is 10.8 Å². The number of hydrogen-bond donors (Lipinski definition) is 0. The van der Waals surface area contributed by atoms with Crippen molar-refractivity contribution in [3.05, 3.63) is 77.1 Å². The molecular weight excluding hydrogens is 230 g/mol. The Morgan fingerprint density at radius 1 is 0.842 bits per heavy atom. The highest BCUT2D eigenvalue weighted by Gasteiger charge is 2.03. The van der Waals surface area contributed by atoms with Gasteiger partial charge in [0.15, 0.2) is 0 Å². The minimum atomic E-state index is 0.890. The predicted octanol–water partition coefficient (Wildman–Crippen LogP) is 4.44. The first kappa shape index (κ1) is 11.9. The highest BCUT2D eigenvalue weighted by Crippen LogP contribution is 2.20. The zero-order valence-corrected chi connectivity index (χ0v) is 11.4. The van der Waals surface area contributed by atoms with Gasteiger partial charge in [0.25, 0.3) is 0 Å². The van der Waals surface area contributed by atoms with Crippen molar-refractivity contribution in [1.29, 1.82) is 0 Å². The minimum Gasteiger partial charge on any atom is -0.260 e. The Kier molecular flexibility index (Phi) is 3.04. The molecular formula is C18H17N. The summed E-state index contributed by atoms with van der Waals surface area (Å²) in [6.07, 6.45) is 2.80. The molecule has 0 unspecified atom stereocenters. The normalized spacial score (nSPS) is 10.8. The number of pyridine rings is 1. The molecule has 0 radical (unpaired) electrons. The number of hydrogen-bond acceptors (Lipinski definition) is 1. The fourth-order valence-corrected chi connectivity index (χ4v) is 2.40. The van der Waals surface area contributed by atoms with Crippen LogP contribution in [0.1, 0.15) is 22.4 Å². The molecule has 0 aliphatic carbocycles. The fraction of sp³-hybridized carbons (Fsp3) is 0.167. The molecule has 0 saturated heterocycles. The Hall–Kier alpha value is -2.15. The first-order chi connectivity index (χ1) is 9.22. The van der Waals surface area contributed by atoms with Gasteiger partial charge in [-0.25, -0.2) is 0 Å². The lowest BCUT2D eigenvalue weighted by atomic mass is 10.0. The van der Waals surface area contributed by atoms with Crippen LogP contribution in [0.3, 0.4) is 0 Å². The molecule has 3 rings (SSSR count). The zero-order chi connectivity index (χ0) is 13.2. The van der Waals surface area contributed by atoms with E-state index in [9.17, 15) is 0 Å². The molecule has 0 N–H and O–H groups in total. The zero-order valence-electron chi connectivity index (χ0n) is 11.4. The van der Waals surface area contributed by atoms with Crippen LogP contribution >= 0.6 is 0 Å². The summed E-state index contributed by atoms with van der Waals surface area (Å²) in [5.74, 6) is 0. The summed E-state index contributed by atoms with van der Waals surface area (Å²) in [5.41, 5.74) is 5.05. The van der Waals surface area contributed by atoms with Crippen LogP contribution in [0.5, 0.6) is 0 Å². The lowest BCUT2D eigenvalue weighted by Gasteiger charge is -2.07. The van der Waals surface area contributed by atoms with Crippen LogP contribution in [0.25, 0.3) is 10.8 Å². The highest BCUT2D eigenvalue weighted by molar-refractivity contribution is 5.85. The molecule has 0 spiro atoms. The van der Waals surface area contributed by atoms with Gasteiger partial charge in [0, 0.05) is 18.0 Å². The number of rotatable bonds is 2. The monoisotopic (exact) mass is 247 g/mol. The maximum absolute atomic E-state index is 4.55. The smallest absolute Gasteiger partial charge is 0.0525 e. The lowest BCUT2D eigenvalue weighted by Crippen LogP contribution is -1.94. The van der Waals surface area contributed by atoms with Crippen LogP contribution < -0.4 is 0 Å². The number of nitrogens with zero attached hydrogens (tertiary/aromatic N) is 1. The summed E-state index contributed by atoms with van der Waals surface area (Å²) in [6.45, 7) is 4.24. The van der Waals surface area contributed by atoms with Gasteiger partial charge in [-0.2, -0.15) is 0 Å². The quantitative estimate of drug-likeness (QED) is 0.652. The van der Waals surface area contributed by atoms with Crippen molar-refractivity contribution in [3.8, 4) is 0 Å². The van der Waals surface area contributed by atoms with E-state index < -0.39 is 0 Å². The van der Waals surface area contributed by atoms with E-state index in [1.165, 1.54) is 27.5 Å². The van der Waals surface area contributed by atoms with Gasteiger partial charge in [0.1, 0.15) is 0 Å². The predicted molar refractivity (Wildman–Crippen MR) is 80.5 cm³/mol. The molecule has 1 heterocycles. The van der Waals surface area contributed by atoms with Gasteiger partial charge in [0.05, 0.1) is 5.69 Å². The molecule has 3 aromatic rings. The Bertz CT molecular complexity index is 711.